The van der Waals surface area contributed by atoms with Gasteiger partial charge >= 0.3 is 0 Å². The Balaban J connectivity index is 1.91. The quantitative estimate of drug-likeness (QED) is 0.936. The summed E-state index contributed by atoms with van der Waals surface area (Å²) >= 11 is 0. The Hall–Kier alpha value is -2.13. The number of carbonyl (C=O) groups excluding carboxylic acids is 1. The normalized spacial score (nSPS) is 14.0. The van der Waals surface area contributed by atoms with Gasteiger partial charge in [-0.2, -0.15) is 0 Å². The first-order valence-corrected chi connectivity index (χ1v) is 8.34. The van der Waals surface area contributed by atoms with Gasteiger partial charge < -0.3 is 10.6 Å². The van der Waals surface area contributed by atoms with Crippen LogP contribution < -0.4 is 10.6 Å². The molecule has 0 saturated carbocycles. The summed E-state index contributed by atoms with van der Waals surface area (Å²) in [6.07, 6.45) is 2.06. The van der Waals surface area contributed by atoms with E-state index in [1.54, 1.807) is 0 Å². The summed E-state index contributed by atoms with van der Waals surface area (Å²) in [5.41, 5.74) is 11.1. The van der Waals surface area contributed by atoms with Gasteiger partial charge in [-0.15, -0.1) is 0 Å². The Morgan fingerprint density at radius 1 is 1.17 bits per heavy atom. The highest BCUT2D eigenvalue weighted by atomic mass is 16.2. The summed E-state index contributed by atoms with van der Waals surface area (Å²) in [5.74, 6) is 0.585. The van der Waals surface area contributed by atoms with Gasteiger partial charge in [0, 0.05) is 24.3 Å². The first-order chi connectivity index (χ1) is 11.1. The molecule has 1 heterocycles. The Bertz CT molecular complexity index is 704. The molecule has 0 saturated heterocycles. The fourth-order valence-electron chi connectivity index (χ4n) is 3.13. The predicted molar refractivity (Wildman–Crippen MR) is 94.9 cm³/mol. The predicted octanol–water partition coefficient (Wildman–Crippen LogP) is 3.86. The maximum atomic E-state index is 12.9. The van der Waals surface area contributed by atoms with Crippen LogP contribution in [0.4, 0.5) is 5.69 Å². The number of aryl methyl sites for hydroxylation is 1. The third kappa shape index (κ3) is 3.15. The molecule has 0 atom stereocenters. The standard InChI is InChI=1S/C20H24N2O/c1-14(2)17-9-10-19-18(12-17)4-3-11-22(19)20(23)16-7-5-15(13-21)6-8-16/h5-10,12,14H,3-4,11,13,21H2,1-2H3. The van der Waals surface area contributed by atoms with E-state index in [-0.39, 0.29) is 5.91 Å². The van der Waals surface area contributed by atoms with Crippen LogP contribution >= 0.6 is 0 Å². The lowest BCUT2D eigenvalue weighted by molar-refractivity contribution is 0.0985. The number of benzene rings is 2. The lowest BCUT2D eigenvalue weighted by Gasteiger charge is -2.30. The molecule has 1 amide bonds. The zero-order valence-electron chi connectivity index (χ0n) is 13.9. The molecule has 0 spiro atoms. The van der Waals surface area contributed by atoms with E-state index in [2.05, 4.69) is 32.0 Å². The van der Waals surface area contributed by atoms with E-state index in [0.717, 1.165) is 36.2 Å². The number of nitrogens with zero attached hydrogens (tertiary/aromatic N) is 1. The van der Waals surface area contributed by atoms with Crippen LogP contribution in [0.3, 0.4) is 0 Å². The van der Waals surface area contributed by atoms with Crippen molar-refractivity contribution in [3.05, 3.63) is 64.7 Å². The van der Waals surface area contributed by atoms with E-state index in [1.165, 1.54) is 11.1 Å². The maximum absolute atomic E-state index is 12.9. The molecule has 1 aliphatic heterocycles. The van der Waals surface area contributed by atoms with E-state index in [9.17, 15) is 4.79 Å². The molecule has 1 aliphatic rings. The number of hydrogen-bond donors (Lipinski definition) is 1. The van der Waals surface area contributed by atoms with Crippen molar-refractivity contribution in [3.8, 4) is 0 Å². The van der Waals surface area contributed by atoms with Crippen molar-refractivity contribution in [1.82, 2.24) is 0 Å². The van der Waals surface area contributed by atoms with Crippen LogP contribution in [0, 0.1) is 0 Å². The summed E-state index contributed by atoms with van der Waals surface area (Å²) in [6.45, 7) is 5.68. The zero-order valence-corrected chi connectivity index (χ0v) is 13.9. The summed E-state index contributed by atoms with van der Waals surface area (Å²) in [7, 11) is 0. The van der Waals surface area contributed by atoms with Crippen molar-refractivity contribution in [2.24, 2.45) is 5.73 Å². The van der Waals surface area contributed by atoms with Gasteiger partial charge in [-0.1, -0.05) is 38.1 Å². The van der Waals surface area contributed by atoms with Crippen LogP contribution in [0.15, 0.2) is 42.5 Å². The third-order valence-electron chi connectivity index (χ3n) is 4.57. The monoisotopic (exact) mass is 308 g/mol. The minimum Gasteiger partial charge on any atom is -0.326 e. The first kappa shape index (κ1) is 15.8. The molecule has 0 bridgehead atoms. The molecule has 0 unspecified atom stereocenters. The molecule has 2 aromatic rings. The van der Waals surface area contributed by atoms with Gasteiger partial charge in [0.2, 0.25) is 0 Å². The van der Waals surface area contributed by atoms with E-state index in [0.29, 0.717) is 12.5 Å². The molecule has 0 radical (unpaired) electrons. The van der Waals surface area contributed by atoms with E-state index >= 15 is 0 Å². The summed E-state index contributed by atoms with van der Waals surface area (Å²) < 4.78 is 0. The number of nitrogens with two attached hydrogens (primary N) is 1. The highest BCUT2D eigenvalue weighted by Crippen LogP contribution is 2.31. The summed E-state index contributed by atoms with van der Waals surface area (Å²) in [5, 5.41) is 0. The van der Waals surface area contributed by atoms with Crippen molar-refractivity contribution in [2.75, 3.05) is 11.4 Å². The second-order valence-electron chi connectivity index (χ2n) is 6.50. The average molecular weight is 308 g/mol. The Morgan fingerprint density at radius 2 is 1.91 bits per heavy atom. The highest BCUT2D eigenvalue weighted by molar-refractivity contribution is 6.06. The van der Waals surface area contributed by atoms with Crippen molar-refractivity contribution in [3.63, 3.8) is 0 Å². The third-order valence-corrected chi connectivity index (χ3v) is 4.57. The van der Waals surface area contributed by atoms with E-state index in [1.807, 2.05) is 29.2 Å². The highest BCUT2D eigenvalue weighted by Gasteiger charge is 2.23. The molecule has 0 fully saturated rings. The van der Waals surface area contributed by atoms with E-state index in [4.69, 9.17) is 5.73 Å². The molecule has 3 nitrogen and oxygen atoms in total. The van der Waals surface area contributed by atoms with Crippen LogP contribution in [0.25, 0.3) is 0 Å². The van der Waals surface area contributed by atoms with Crippen LogP contribution in [-0.4, -0.2) is 12.5 Å². The second kappa shape index (κ2) is 6.55. The molecule has 23 heavy (non-hydrogen) atoms. The fraction of sp³-hybridized carbons (Fsp3) is 0.350. The number of carbonyl (C=O) groups is 1. The molecule has 2 aromatic carbocycles. The summed E-state index contributed by atoms with van der Waals surface area (Å²) in [6, 6.07) is 14.1. The first-order valence-electron chi connectivity index (χ1n) is 8.34. The average Bonchev–Trinajstić information content (AvgIpc) is 2.60. The molecule has 3 rings (SSSR count). The van der Waals surface area contributed by atoms with Gasteiger partial charge in [0.1, 0.15) is 0 Å². The van der Waals surface area contributed by atoms with Gasteiger partial charge in [0.25, 0.3) is 5.91 Å². The molecular weight excluding hydrogens is 284 g/mol. The largest absolute Gasteiger partial charge is 0.326 e. The van der Waals surface area contributed by atoms with Crippen molar-refractivity contribution in [1.29, 1.82) is 0 Å². The Morgan fingerprint density at radius 3 is 2.57 bits per heavy atom. The minimum absolute atomic E-state index is 0.0758. The number of rotatable bonds is 3. The van der Waals surface area contributed by atoms with Crippen LogP contribution in [0.5, 0.6) is 0 Å². The molecule has 3 heteroatoms. The molecule has 2 N–H and O–H groups in total. The molecular formula is C20H24N2O. The number of anilines is 1. The Labute approximate surface area is 138 Å². The number of fused-ring (bicyclic) bond motifs is 1. The topological polar surface area (TPSA) is 46.3 Å². The molecule has 120 valence electrons. The van der Waals surface area contributed by atoms with Crippen molar-refractivity contribution in [2.45, 2.75) is 39.2 Å². The lowest BCUT2D eigenvalue weighted by Crippen LogP contribution is -2.35. The molecule has 0 aromatic heterocycles. The van der Waals surface area contributed by atoms with Crippen LogP contribution in [0.2, 0.25) is 0 Å². The fourth-order valence-corrected chi connectivity index (χ4v) is 3.13. The van der Waals surface area contributed by atoms with Gasteiger partial charge in [0.15, 0.2) is 0 Å². The summed E-state index contributed by atoms with van der Waals surface area (Å²) in [4.78, 5) is 14.8. The minimum atomic E-state index is 0.0758. The van der Waals surface area contributed by atoms with Gasteiger partial charge in [-0.3, -0.25) is 4.79 Å². The van der Waals surface area contributed by atoms with Gasteiger partial charge in [-0.25, -0.2) is 0 Å². The van der Waals surface area contributed by atoms with Gasteiger partial charge in [0.05, 0.1) is 0 Å². The van der Waals surface area contributed by atoms with E-state index < -0.39 is 0 Å². The number of amides is 1. The maximum Gasteiger partial charge on any atom is 0.258 e. The molecule has 0 aliphatic carbocycles. The van der Waals surface area contributed by atoms with Gasteiger partial charge in [-0.05, 0) is 53.6 Å². The second-order valence-corrected chi connectivity index (χ2v) is 6.50. The smallest absolute Gasteiger partial charge is 0.258 e. The van der Waals surface area contributed by atoms with Crippen molar-refractivity contribution >= 4 is 11.6 Å². The Kier molecular flexibility index (Phi) is 4.49. The van der Waals surface area contributed by atoms with Crippen molar-refractivity contribution < 1.29 is 4.79 Å². The van der Waals surface area contributed by atoms with Crippen LogP contribution in [-0.2, 0) is 13.0 Å². The lowest BCUT2D eigenvalue weighted by atomic mass is 9.94. The number of hydrogen-bond acceptors (Lipinski definition) is 2. The zero-order chi connectivity index (χ0) is 16.4. The SMILES string of the molecule is CC(C)c1ccc2c(c1)CCCN2C(=O)c1ccc(CN)cc1. The van der Waals surface area contributed by atoms with Crippen LogP contribution in [0.1, 0.15) is 53.2 Å².